The lowest BCUT2D eigenvalue weighted by atomic mass is 9.91. The maximum atomic E-state index is 14.6. The first-order chi connectivity index (χ1) is 32.4. The van der Waals surface area contributed by atoms with Crippen LogP contribution in [0.5, 0.6) is 0 Å². The molecule has 0 spiro atoms. The molecule has 2 heterocycles. The highest BCUT2D eigenvalue weighted by Gasteiger charge is 2.33. The smallest absolute Gasteiger partial charge is 0.308 e. The van der Waals surface area contributed by atoms with Gasteiger partial charge in [-0.1, -0.05) is 115 Å². The standard InChI is InChI=1S/C56H31F6N5/c57-55(58,59)42-17-9-15-37(26-42)46-29-40(54-65-49(35-11-3-1-4-12-35)31-50(66-54)36-13-5-2-6-14-36)30-47(38-16-10-18-43(27-38)56(60,61)62)53(46)67-51-20-8-7-19-45(51)48-28-39(22-24-52(48)67)44-23-21-34(32-63)25-41(44)33-64/h1-31H. The molecule has 10 aromatic rings. The van der Waals surface area contributed by atoms with E-state index in [2.05, 4.69) is 12.1 Å². The average molecular weight is 888 g/mol. The van der Waals surface area contributed by atoms with Crippen LogP contribution in [0.15, 0.2) is 188 Å². The van der Waals surface area contributed by atoms with Crippen molar-refractivity contribution in [3.05, 3.63) is 210 Å². The second kappa shape index (κ2) is 16.6. The van der Waals surface area contributed by atoms with Crippen LogP contribution in [-0.4, -0.2) is 14.5 Å². The normalized spacial score (nSPS) is 11.7. The van der Waals surface area contributed by atoms with Gasteiger partial charge in [-0.3, -0.25) is 0 Å². The van der Waals surface area contributed by atoms with Crippen molar-refractivity contribution in [3.63, 3.8) is 0 Å². The zero-order valence-corrected chi connectivity index (χ0v) is 34.9. The lowest BCUT2D eigenvalue weighted by Crippen LogP contribution is -2.07. The number of hydrogen-bond acceptors (Lipinski definition) is 4. The van der Waals surface area contributed by atoms with Gasteiger partial charge in [-0.15, -0.1) is 0 Å². The number of halogens is 6. The molecule has 67 heavy (non-hydrogen) atoms. The Balaban J connectivity index is 1.34. The molecule has 0 bridgehead atoms. The molecule has 0 radical (unpaired) electrons. The quantitative estimate of drug-likeness (QED) is 0.149. The van der Waals surface area contributed by atoms with Gasteiger partial charge in [0.15, 0.2) is 5.82 Å². The molecule has 0 unspecified atom stereocenters. The van der Waals surface area contributed by atoms with Crippen molar-refractivity contribution in [2.45, 2.75) is 12.4 Å². The van der Waals surface area contributed by atoms with Gasteiger partial charge in [-0.25, -0.2) is 9.97 Å². The summed E-state index contributed by atoms with van der Waals surface area (Å²) < 4.78 is 89.7. The fraction of sp³-hybridized carbons (Fsp3) is 0.0357. The summed E-state index contributed by atoms with van der Waals surface area (Å²) in [6.45, 7) is 0. The number of rotatable bonds is 7. The minimum Gasteiger partial charge on any atom is -0.308 e. The van der Waals surface area contributed by atoms with Gasteiger partial charge in [0.05, 0.1) is 62.5 Å². The Labute approximate surface area is 379 Å². The second-order valence-electron chi connectivity index (χ2n) is 15.8. The largest absolute Gasteiger partial charge is 0.416 e. The Hall–Kier alpha value is -8.80. The van der Waals surface area contributed by atoms with Gasteiger partial charge in [0.25, 0.3) is 0 Å². The summed E-state index contributed by atoms with van der Waals surface area (Å²) in [6, 6.07) is 55.7. The lowest BCUT2D eigenvalue weighted by Gasteiger charge is -2.22. The Morgan fingerprint density at radius 1 is 0.403 bits per heavy atom. The van der Waals surface area contributed by atoms with Crippen LogP contribution in [0.25, 0.3) is 94.8 Å². The van der Waals surface area contributed by atoms with E-state index in [4.69, 9.17) is 9.97 Å². The molecule has 2 aromatic heterocycles. The van der Waals surface area contributed by atoms with Crippen LogP contribution < -0.4 is 0 Å². The van der Waals surface area contributed by atoms with E-state index in [0.29, 0.717) is 55.7 Å². The highest BCUT2D eigenvalue weighted by molar-refractivity contribution is 6.12. The fourth-order valence-corrected chi connectivity index (χ4v) is 8.60. The summed E-state index contributed by atoms with van der Waals surface area (Å²) in [4.78, 5) is 10.0. The molecule has 0 saturated carbocycles. The minimum atomic E-state index is -4.73. The van der Waals surface area contributed by atoms with Crippen molar-refractivity contribution in [1.82, 2.24) is 14.5 Å². The third-order valence-corrected chi connectivity index (χ3v) is 11.7. The summed E-state index contributed by atoms with van der Waals surface area (Å²) in [5.41, 5.74) is 5.27. The van der Waals surface area contributed by atoms with Crippen LogP contribution in [0.3, 0.4) is 0 Å². The topological polar surface area (TPSA) is 78.3 Å². The molecule has 322 valence electrons. The zero-order valence-electron chi connectivity index (χ0n) is 34.9. The van der Waals surface area contributed by atoms with Crippen molar-refractivity contribution in [2.75, 3.05) is 0 Å². The number of para-hydroxylation sites is 1. The van der Waals surface area contributed by atoms with Crippen LogP contribution in [0, 0.1) is 22.7 Å². The fourth-order valence-electron chi connectivity index (χ4n) is 8.60. The molecule has 0 aliphatic carbocycles. The molecular weight excluding hydrogens is 857 g/mol. The Morgan fingerprint density at radius 3 is 1.48 bits per heavy atom. The molecule has 0 saturated heterocycles. The molecule has 0 amide bonds. The predicted molar refractivity (Wildman–Crippen MR) is 248 cm³/mol. The van der Waals surface area contributed by atoms with Crippen molar-refractivity contribution < 1.29 is 26.3 Å². The summed E-state index contributed by atoms with van der Waals surface area (Å²) in [5, 5.41) is 21.0. The van der Waals surface area contributed by atoms with Gasteiger partial charge < -0.3 is 4.57 Å². The van der Waals surface area contributed by atoms with E-state index >= 15 is 0 Å². The Morgan fingerprint density at radius 2 is 0.925 bits per heavy atom. The van der Waals surface area contributed by atoms with Gasteiger partial charge in [-0.05, 0) is 95.1 Å². The molecule has 11 heteroatoms. The number of benzene rings is 8. The number of aromatic nitrogens is 3. The van der Waals surface area contributed by atoms with Crippen LogP contribution in [0.1, 0.15) is 22.3 Å². The van der Waals surface area contributed by atoms with Crippen molar-refractivity contribution >= 4 is 21.8 Å². The molecule has 0 fully saturated rings. The number of fused-ring (bicyclic) bond motifs is 3. The first-order valence-electron chi connectivity index (χ1n) is 20.9. The minimum absolute atomic E-state index is 0.140. The van der Waals surface area contributed by atoms with E-state index in [9.17, 15) is 36.9 Å². The molecule has 8 aromatic carbocycles. The van der Waals surface area contributed by atoms with Crippen LogP contribution >= 0.6 is 0 Å². The summed E-state index contributed by atoms with van der Waals surface area (Å²) in [6.07, 6.45) is -9.46. The predicted octanol–water partition coefficient (Wildman–Crippen LogP) is 15.4. The van der Waals surface area contributed by atoms with Gasteiger partial charge in [0.1, 0.15) is 0 Å². The Bertz CT molecular complexity index is 3500. The number of alkyl halides is 6. The van der Waals surface area contributed by atoms with E-state index in [1.165, 1.54) is 18.2 Å². The van der Waals surface area contributed by atoms with E-state index < -0.39 is 23.5 Å². The summed E-state index contributed by atoms with van der Waals surface area (Å²) in [7, 11) is 0. The Kier molecular flexibility index (Phi) is 10.5. The van der Waals surface area contributed by atoms with Crippen molar-refractivity contribution in [3.8, 4) is 85.1 Å². The van der Waals surface area contributed by atoms with E-state index in [0.717, 1.165) is 40.8 Å². The number of nitrogens with zero attached hydrogens (tertiary/aromatic N) is 5. The van der Waals surface area contributed by atoms with Crippen LogP contribution in [-0.2, 0) is 12.4 Å². The average Bonchev–Trinajstić information content (AvgIpc) is 3.69. The monoisotopic (exact) mass is 887 g/mol. The van der Waals surface area contributed by atoms with Gasteiger partial charge >= 0.3 is 12.4 Å². The van der Waals surface area contributed by atoms with Crippen molar-refractivity contribution in [2.24, 2.45) is 0 Å². The third-order valence-electron chi connectivity index (χ3n) is 11.7. The van der Waals surface area contributed by atoms with Crippen LogP contribution in [0.4, 0.5) is 26.3 Å². The summed E-state index contributed by atoms with van der Waals surface area (Å²) >= 11 is 0. The number of nitriles is 2. The maximum Gasteiger partial charge on any atom is 0.416 e. The van der Waals surface area contributed by atoms with Crippen LogP contribution in [0.2, 0.25) is 0 Å². The van der Waals surface area contributed by atoms with E-state index in [1.54, 1.807) is 42.5 Å². The first kappa shape index (κ1) is 42.2. The molecule has 5 nitrogen and oxygen atoms in total. The van der Waals surface area contributed by atoms with Crippen molar-refractivity contribution in [1.29, 1.82) is 10.5 Å². The van der Waals surface area contributed by atoms with Gasteiger partial charge in [0.2, 0.25) is 0 Å². The maximum absolute atomic E-state index is 14.6. The van der Waals surface area contributed by atoms with E-state index in [1.807, 2.05) is 108 Å². The molecule has 0 aliphatic heterocycles. The van der Waals surface area contributed by atoms with Gasteiger partial charge in [0, 0.05) is 38.6 Å². The number of hydrogen-bond donors (Lipinski definition) is 0. The highest BCUT2D eigenvalue weighted by atomic mass is 19.4. The first-order valence-corrected chi connectivity index (χ1v) is 20.9. The summed E-state index contributed by atoms with van der Waals surface area (Å²) in [5.74, 6) is 0.191. The van der Waals surface area contributed by atoms with Gasteiger partial charge in [-0.2, -0.15) is 36.9 Å². The second-order valence-corrected chi connectivity index (χ2v) is 15.8. The molecule has 10 rings (SSSR count). The molecule has 0 atom stereocenters. The zero-order chi connectivity index (χ0) is 46.5. The van der Waals surface area contributed by atoms with E-state index in [-0.39, 0.29) is 33.6 Å². The molecular formula is C56H31F6N5. The molecule has 0 aliphatic rings. The SMILES string of the molecule is N#Cc1ccc(-c2ccc3c(c2)c2ccccc2n3-c2c(-c3cccc(C(F)(F)F)c3)cc(-c3nc(-c4ccccc4)cc(-c4ccccc4)n3)cc2-c2cccc(C(F)(F)F)c2)c(C#N)c1. The lowest BCUT2D eigenvalue weighted by molar-refractivity contribution is -0.138. The third kappa shape index (κ3) is 7.94. The highest BCUT2D eigenvalue weighted by Crippen LogP contribution is 2.46. The molecule has 0 N–H and O–H groups in total.